The zero-order valence-electron chi connectivity index (χ0n) is 15.0. The van der Waals surface area contributed by atoms with Crippen LogP contribution in [0.1, 0.15) is 63.6 Å². The van der Waals surface area contributed by atoms with Crippen LogP contribution in [0.3, 0.4) is 0 Å². The molecule has 1 fully saturated rings. The second-order valence-corrected chi connectivity index (χ2v) is 7.72. The maximum absolute atomic E-state index is 12.8. The highest BCUT2D eigenvalue weighted by Crippen LogP contribution is 2.40. The SMILES string of the molecule is COC(=O)c1c(C)[nH]c(C(=O)C(C)Sc2nnc(C3CC3)n2C)c1C. The zero-order valence-corrected chi connectivity index (χ0v) is 15.9. The lowest BCUT2D eigenvalue weighted by atomic mass is 10.1. The number of aromatic amines is 1. The van der Waals surface area contributed by atoms with Crippen LogP contribution in [0.5, 0.6) is 0 Å². The lowest BCUT2D eigenvalue weighted by Gasteiger charge is -2.10. The van der Waals surface area contributed by atoms with E-state index >= 15 is 0 Å². The van der Waals surface area contributed by atoms with Gasteiger partial charge in [-0.25, -0.2) is 4.79 Å². The molecule has 1 aliphatic rings. The van der Waals surface area contributed by atoms with E-state index in [1.54, 1.807) is 13.8 Å². The fourth-order valence-electron chi connectivity index (χ4n) is 2.95. The molecule has 0 saturated heterocycles. The van der Waals surface area contributed by atoms with Crippen LogP contribution in [-0.4, -0.2) is 43.9 Å². The number of esters is 1. The monoisotopic (exact) mass is 362 g/mol. The van der Waals surface area contributed by atoms with E-state index in [2.05, 4.69) is 15.2 Å². The van der Waals surface area contributed by atoms with E-state index in [4.69, 9.17) is 4.74 Å². The van der Waals surface area contributed by atoms with Crippen molar-refractivity contribution in [1.29, 1.82) is 0 Å². The Morgan fingerprint density at radius 3 is 2.60 bits per heavy atom. The second-order valence-electron chi connectivity index (χ2n) is 6.41. The van der Waals surface area contributed by atoms with Gasteiger partial charge in [0.1, 0.15) is 5.82 Å². The highest BCUT2D eigenvalue weighted by molar-refractivity contribution is 8.00. The van der Waals surface area contributed by atoms with E-state index in [9.17, 15) is 9.59 Å². The van der Waals surface area contributed by atoms with Crippen molar-refractivity contribution in [3.63, 3.8) is 0 Å². The number of carbonyl (C=O) groups excluding carboxylic acids is 2. The fourth-order valence-corrected chi connectivity index (χ4v) is 3.83. The number of ether oxygens (including phenoxy) is 1. The maximum Gasteiger partial charge on any atom is 0.339 e. The molecule has 1 atom stereocenters. The summed E-state index contributed by atoms with van der Waals surface area (Å²) in [7, 11) is 3.27. The lowest BCUT2D eigenvalue weighted by molar-refractivity contribution is 0.0599. The van der Waals surface area contributed by atoms with Gasteiger partial charge in [0, 0.05) is 18.7 Å². The van der Waals surface area contributed by atoms with E-state index in [1.165, 1.54) is 18.9 Å². The van der Waals surface area contributed by atoms with Crippen LogP contribution in [0.25, 0.3) is 0 Å². The molecule has 1 saturated carbocycles. The summed E-state index contributed by atoms with van der Waals surface area (Å²) in [5, 5.41) is 8.85. The highest BCUT2D eigenvalue weighted by Gasteiger charge is 2.31. The number of carbonyl (C=O) groups is 2. The Morgan fingerprint density at radius 2 is 2.00 bits per heavy atom. The second kappa shape index (κ2) is 6.67. The van der Waals surface area contributed by atoms with Crippen LogP contribution in [0, 0.1) is 13.8 Å². The standard InChI is InChI=1S/C17H22N4O3S/c1-8-12(16(23)24-5)9(2)18-13(8)14(22)10(3)25-17-20-19-15(21(17)4)11-6-7-11/h10-11,18H,6-7H2,1-5H3. The summed E-state index contributed by atoms with van der Waals surface area (Å²) in [6.45, 7) is 5.36. The fraction of sp³-hybridized carbons (Fsp3) is 0.529. The molecular formula is C17H22N4O3S. The smallest absolute Gasteiger partial charge is 0.339 e. The molecule has 1 N–H and O–H groups in total. The average Bonchev–Trinajstić information content (AvgIpc) is 3.30. The van der Waals surface area contributed by atoms with Crippen molar-refractivity contribution >= 4 is 23.5 Å². The predicted molar refractivity (Wildman–Crippen MR) is 94.2 cm³/mol. The number of hydrogen-bond acceptors (Lipinski definition) is 6. The van der Waals surface area contributed by atoms with E-state index in [0.717, 1.165) is 23.8 Å². The van der Waals surface area contributed by atoms with Gasteiger partial charge in [-0.15, -0.1) is 10.2 Å². The minimum absolute atomic E-state index is 0.0725. The third kappa shape index (κ3) is 3.22. The minimum atomic E-state index is -0.437. The molecule has 0 amide bonds. The van der Waals surface area contributed by atoms with Crippen LogP contribution in [0.4, 0.5) is 0 Å². The molecule has 1 aliphatic carbocycles. The minimum Gasteiger partial charge on any atom is -0.465 e. The predicted octanol–water partition coefficient (Wildman–Crippen LogP) is 2.79. The van der Waals surface area contributed by atoms with E-state index in [1.807, 2.05) is 18.5 Å². The van der Waals surface area contributed by atoms with Crippen molar-refractivity contribution in [2.45, 2.75) is 49.9 Å². The van der Waals surface area contributed by atoms with Gasteiger partial charge in [-0.05, 0) is 39.2 Å². The molecule has 0 aromatic carbocycles. The molecule has 2 heterocycles. The van der Waals surface area contributed by atoms with Gasteiger partial charge in [0.15, 0.2) is 10.9 Å². The number of Topliss-reactive ketones (excluding diaryl/α,β-unsaturated/α-hetero) is 1. The number of nitrogens with zero attached hydrogens (tertiary/aromatic N) is 3. The van der Waals surface area contributed by atoms with Gasteiger partial charge in [0.25, 0.3) is 0 Å². The Labute approximate surface area is 150 Å². The molecule has 7 nitrogen and oxygen atoms in total. The van der Waals surface area contributed by atoms with Gasteiger partial charge < -0.3 is 14.3 Å². The van der Waals surface area contributed by atoms with Crippen molar-refractivity contribution in [2.75, 3.05) is 7.11 Å². The maximum atomic E-state index is 12.8. The first-order chi connectivity index (χ1) is 11.8. The molecule has 25 heavy (non-hydrogen) atoms. The number of rotatable bonds is 6. The van der Waals surface area contributed by atoms with Gasteiger partial charge in [-0.2, -0.15) is 0 Å². The normalized spacial score (nSPS) is 15.2. The zero-order chi connectivity index (χ0) is 18.3. The average molecular weight is 362 g/mol. The summed E-state index contributed by atoms with van der Waals surface area (Å²) >= 11 is 1.38. The molecule has 0 aliphatic heterocycles. The summed E-state index contributed by atoms with van der Waals surface area (Å²) in [6, 6.07) is 0. The van der Waals surface area contributed by atoms with Gasteiger partial charge in [0.05, 0.1) is 23.6 Å². The molecule has 2 aromatic rings. The van der Waals surface area contributed by atoms with E-state index < -0.39 is 5.97 Å². The Balaban J connectivity index is 1.80. The van der Waals surface area contributed by atoms with Crippen molar-refractivity contribution < 1.29 is 14.3 Å². The molecule has 3 rings (SSSR count). The summed E-state index contributed by atoms with van der Waals surface area (Å²) < 4.78 is 6.77. The van der Waals surface area contributed by atoms with Crippen molar-refractivity contribution in [2.24, 2.45) is 7.05 Å². The Morgan fingerprint density at radius 1 is 1.32 bits per heavy atom. The molecular weight excluding hydrogens is 340 g/mol. The van der Waals surface area contributed by atoms with Gasteiger partial charge in [0.2, 0.25) is 0 Å². The van der Waals surface area contributed by atoms with Crippen LogP contribution in [0.15, 0.2) is 5.16 Å². The lowest BCUT2D eigenvalue weighted by Crippen LogP contribution is -2.16. The summed E-state index contributed by atoms with van der Waals surface area (Å²) in [4.78, 5) is 27.8. The summed E-state index contributed by atoms with van der Waals surface area (Å²) in [5.74, 6) is 0.987. The number of thioether (sulfide) groups is 1. The van der Waals surface area contributed by atoms with E-state index in [0.29, 0.717) is 28.4 Å². The first-order valence-corrected chi connectivity index (χ1v) is 9.10. The van der Waals surface area contributed by atoms with Crippen LogP contribution in [-0.2, 0) is 11.8 Å². The number of H-pyrrole nitrogens is 1. The number of nitrogens with one attached hydrogen (secondary N) is 1. The van der Waals surface area contributed by atoms with Crippen LogP contribution < -0.4 is 0 Å². The Hall–Kier alpha value is -2.09. The number of aromatic nitrogens is 4. The van der Waals surface area contributed by atoms with Crippen LogP contribution >= 0.6 is 11.8 Å². The molecule has 134 valence electrons. The largest absolute Gasteiger partial charge is 0.465 e. The Bertz CT molecular complexity index is 835. The number of ketones is 1. The third-order valence-electron chi connectivity index (χ3n) is 4.54. The highest BCUT2D eigenvalue weighted by atomic mass is 32.2. The van der Waals surface area contributed by atoms with Crippen LogP contribution in [0.2, 0.25) is 0 Å². The van der Waals surface area contributed by atoms with Crippen molar-refractivity contribution in [1.82, 2.24) is 19.7 Å². The summed E-state index contributed by atoms with van der Waals surface area (Å²) in [6.07, 6.45) is 2.31. The van der Waals surface area contributed by atoms with Gasteiger partial charge >= 0.3 is 5.97 Å². The molecule has 0 radical (unpaired) electrons. The van der Waals surface area contributed by atoms with Crippen molar-refractivity contribution in [3.05, 3.63) is 28.3 Å². The van der Waals surface area contributed by atoms with Crippen molar-refractivity contribution in [3.8, 4) is 0 Å². The number of methoxy groups -OCH3 is 1. The van der Waals surface area contributed by atoms with E-state index in [-0.39, 0.29) is 11.0 Å². The summed E-state index contributed by atoms with van der Waals surface area (Å²) in [5.41, 5.74) is 2.14. The molecule has 8 heteroatoms. The first kappa shape index (κ1) is 17.7. The molecule has 0 spiro atoms. The molecule has 1 unspecified atom stereocenters. The Kier molecular flexibility index (Phi) is 4.73. The third-order valence-corrected chi connectivity index (χ3v) is 5.67. The number of hydrogen-bond donors (Lipinski definition) is 1. The van der Waals surface area contributed by atoms with Gasteiger partial charge in [-0.3, -0.25) is 4.79 Å². The quantitative estimate of drug-likeness (QED) is 0.483. The topological polar surface area (TPSA) is 89.9 Å². The van der Waals surface area contributed by atoms with Gasteiger partial charge in [-0.1, -0.05) is 11.8 Å². The first-order valence-electron chi connectivity index (χ1n) is 8.22. The molecule has 2 aromatic heterocycles. The number of aryl methyl sites for hydroxylation is 1. The molecule has 0 bridgehead atoms.